The van der Waals surface area contributed by atoms with E-state index in [1.807, 2.05) is 0 Å². The van der Waals surface area contributed by atoms with Crippen molar-refractivity contribution >= 4 is 16.8 Å². The first-order valence-corrected chi connectivity index (χ1v) is 7.25. The van der Waals surface area contributed by atoms with Crippen molar-refractivity contribution in [2.45, 2.75) is 11.3 Å². The Hall–Kier alpha value is -1.24. The van der Waals surface area contributed by atoms with Crippen LogP contribution in [0.4, 0.5) is 0 Å². The minimum absolute atomic E-state index is 0.191. The van der Waals surface area contributed by atoms with E-state index in [9.17, 15) is 9.00 Å². The smallest absolute Gasteiger partial charge is 0.335 e. The van der Waals surface area contributed by atoms with Crippen molar-refractivity contribution in [1.29, 1.82) is 0 Å². The Labute approximate surface area is 115 Å². The van der Waals surface area contributed by atoms with Gasteiger partial charge in [0.1, 0.15) is 0 Å². The van der Waals surface area contributed by atoms with E-state index in [0.29, 0.717) is 30.5 Å². The molecule has 0 spiro atoms. The van der Waals surface area contributed by atoms with Crippen LogP contribution in [0.5, 0.6) is 0 Å². The number of hydrogen-bond donors (Lipinski definition) is 1. The molecule has 1 unspecified atom stereocenters. The molecule has 5 nitrogen and oxygen atoms in total. The molecule has 0 aromatic heterocycles. The van der Waals surface area contributed by atoms with Crippen LogP contribution >= 0.6 is 0 Å². The average Bonchev–Trinajstić information content (AvgIpc) is 2.42. The van der Waals surface area contributed by atoms with Gasteiger partial charge in [0, 0.05) is 25.2 Å². The lowest BCUT2D eigenvalue weighted by atomic mass is 10.2. The second kappa shape index (κ2) is 8.79. The number of rotatable bonds is 9. The zero-order valence-electron chi connectivity index (χ0n) is 10.8. The molecule has 0 heterocycles. The van der Waals surface area contributed by atoms with Crippen LogP contribution in [0.3, 0.4) is 0 Å². The molecule has 1 N–H and O–H groups in total. The first kappa shape index (κ1) is 15.8. The van der Waals surface area contributed by atoms with E-state index in [4.69, 9.17) is 14.6 Å². The minimum Gasteiger partial charge on any atom is -0.478 e. The van der Waals surface area contributed by atoms with Crippen molar-refractivity contribution in [3.8, 4) is 0 Å². The van der Waals surface area contributed by atoms with Gasteiger partial charge in [-0.25, -0.2) is 4.79 Å². The number of aromatic carboxylic acids is 1. The Kier molecular flexibility index (Phi) is 7.32. The van der Waals surface area contributed by atoms with Crippen LogP contribution in [-0.2, 0) is 20.3 Å². The molecule has 0 amide bonds. The molecule has 0 aliphatic carbocycles. The van der Waals surface area contributed by atoms with Crippen LogP contribution < -0.4 is 0 Å². The van der Waals surface area contributed by atoms with Gasteiger partial charge in [-0.2, -0.15) is 0 Å². The first-order valence-electron chi connectivity index (χ1n) is 5.93. The zero-order valence-corrected chi connectivity index (χ0v) is 11.6. The molecular weight excluding hydrogens is 268 g/mol. The largest absolute Gasteiger partial charge is 0.478 e. The van der Waals surface area contributed by atoms with E-state index < -0.39 is 16.8 Å². The van der Waals surface area contributed by atoms with Gasteiger partial charge in [0.15, 0.2) is 0 Å². The fourth-order valence-electron chi connectivity index (χ4n) is 1.41. The molecule has 6 heteroatoms. The van der Waals surface area contributed by atoms with Crippen LogP contribution in [0.1, 0.15) is 16.8 Å². The average molecular weight is 286 g/mol. The summed E-state index contributed by atoms with van der Waals surface area (Å²) in [6.07, 6.45) is 0.816. The third kappa shape index (κ3) is 5.96. The molecule has 1 aromatic carbocycles. The fraction of sp³-hybridized carbons (Fsp3) is 0.462. The number of carbonyl (C=O) groups is 1. The SMILES string of the molecule is COCCCOCCS(=O)c1ccc(C(=O)O)cc1. The lowest BCUT2D eigenvalue weighted by Crippen LogP contribution is -2.08. The predicted octanol–water partition coefficient (Wildman–Crippen LogP) is 1.55. The zero-order chi connectivity index (χ0) is 14.1. The van der Waals surface area contributed by atoms with Crippen LogP contribution in [0.15, 0.2) is 29.2 Å². The van der Waals surface area contributed by atoms with Crippen molar-refractivity contribution in [3.63, 3.8) is 0 Å². The van der Waals surface area contributed by atoms with Gasteiger partial charge < -0.3 is 14.6 Å². The minimum atomic E-state index is -1.16. The molecule has 1 atom stereocenters. The maximum absolute atomic E-state index is 11.9. The molecule has 106 valence electrons. The monoisotopic (exact) mass is 286 g/mol. The topological polar surface area (TPSA) is 72.8 Å². The van der Waals surface area contributed by atoms with Crippen LogP contribution in [-0.4, -0.2) is 48.0 Å². The molecule has 0 saturated carbocycles. The Morgan fingerprint density at radius 1 is 1.21 bits per heavy atom. The van der Waals surface area contributed by atoms with E-state index in [1.54, 1.807) is 19.2 Å². The summed E-state index contributed by atoms with van der Waals surface area (Å²) in [5.74, 6) is -0.585. The molecule has 0 aliphatic rings. The Morgan fingerprint density at radius 3 is 2.47 bits per heavy atom. The van der Waals surface area contributed by atoms with Crippen LogP contribution in [0, 0.1) is 0 Å². The number of methoxy groups -OCH3 is 1. The number of benzene rings is 1. The second-order valence-corrected chi connectivity index (χ2v) is 5.41. The third-order valence-corrected chi connectivity index (χ3v) is 3.75. The van der Waals surface area contributed by atoms with Crippen LogP contribution in [0.25, 0.3) is 0 Å². The lowest BCUT2D eigenvalue weighted by molar-refractivity contribution is 0.0696. The van der Waals surface area contributed by atoms with Crippen molar-refractivity contribution in [2.75, 3.05) is 32.7 Å². The van der Waals surface area contributed by atoms with Gasteiger partial charge in [0.25, 0.3) is 0 Å². The number of hydrogen-bond acceptors (Lipinski definition) is 4. The molecule has 19 heavy (non-hydrogen) atoms. The van der Waals surface area contributed by atoms with E-state index >= 15 is 0 Å². The maximum Gasteiger partial charge on any atom is 0.335 e. The van der Waals surface area contributed by atoms with Crippen molar-refractivity contribution in [2.24, 2.45) is 0 Å². The molecule has 0 radical (unpaired) electrons. The number of carboxylic acid groups (broad SMARTS) is 1. The summed E-state index contributed by atoms with van der Waals surface area (Å²) in [7, 11) is 0.473. The highest BCUT2D eigenvalue weighted by molar-refractivity contribution is 7.85. The normalized spacial score (nSPS) is 12.3. The molecule has 1 rings (SSSR count). The molecule has 0 fully saturated rings. The highest BCUT2D eigenvalue weighted by atomic mass is 32.2. The van der Waals surface area contributed by atoms with Gasteiger partial charge in [0.2, 0.25) is 0 Å². The van der Waals surface area contributed by atoms with E-state index in [-0.39, 0.29) is 5.56 Å². The van der Waals surface area contributed by atoms with Crippen molar-refractivity contribution in [1.82, 2.24) is 0 Å². The highest BCUT2D eigenvalue weighted by Crippen LogP contribution is 2.09. The highest BCUT2D eigenvalue weighted by Gasteiger charge is 2.06. The quantitative estimate of drug-likeness (QED) is 0.697. The Morgan fingerprint density at radius 2 is 1.89 bits per heavy atom. The van der Waals surface area contributed by atoms with Gasteiger partial charge in [-0.1, -0.05) is 0 Å². The molecule has 0 saturated heterocycles. The summed E-state index contributed by atoms with van der Waals surface area (Å²) < 4.78 is 22.1. The second-order valence-electron chi connectivity index (χ2n) is 3.84. The summed E-state index contributed by atoms with van der Waals surface area (Å²) in [5, 5.41) is 8.75. The van der Waals surface area contributed by atoms with E-state index in [0.717, 1.165) is 6.42 Å². The summed E-state index contributed by atoms with van der Waals surface area (Å²) in [4.78, 5) is 11.3. The summed E-state index contributed by atoms with van der Waals surface area (Å²) >= 11 is 0. The molecule has 1 aromatic rings. The first-order chi connectivity index (χ1) is 9.15. The number of ether oxygens (including phenoxy) is 2. The van der Waals surface area contributed by atoms with Crippen molar-refractivity contribution in [3.05, 3.63) is 29.8 Å². The summed E-state index contributed by atoms with van der Waals surface area (Å²) in [6.45, 7) is 1.65. The third-order valence-electron chi connectivity index (χ3n) is 2.41. The Balaban J connectivity index is 2.31. The summed E-state index contributed by atoms with van der Waals surface area (Å²) in [6, 6.07) is 6.05. The van der Waals surface area contributed by atoms with Gasteiger partial charge in [-0.05, 0) is 30.7 Å². The molecule has 0 aliphatic heterocycles. The van der Waals surface area contributed by atoms with Gasteiger partial charge in [-0.3, -0.25) is 4.21 Å². The lowest BCUT2D eigenvalue weighted by Gasteiger charge is -2.05. The molecular formula is C13H18O5S. The number of carboxylic acids is 1. The van der Waals surface area contributed by atoms with E-state index in [2.05, 4.69) is 0 Å². The van der Waals surface area contributed by atoms with Gasteiger partial charge in [-0.15, -0.1) is 0 Å². The van der Waals surface area contributed by atoms with E-state index in [1.165, 1.54) is 12.1 Å². The van der Waals surface area contributed by atoms with Gasteiger partial charge in [0.05, 0.1) is 28.7 Å². The predicted molar refractivity (Wildman–Crippen MR) is 72.0 cm³/mol. The van der Waals surface area contributed by atoms with Gasteiger partial charge >= 0.3 is 5.97 Å². The summed E-state index contributed by atoms with van der Waals surface area (Å²) in [5.41, 5.74) is 0.191. The fourth-order valence-corrected chi connectivity index (χ4v) is 2.35. The molecule has 0 bridgehead atoms. The standard InChI is InChI=1S/C13H18O5S/c1-17-7-2-8-18-9-10-19(16)12-5-3-11(4-6-12)13(14)15/h3-6H,2,7-10H2,1H3,(H,14,15). The van der Waals surface area contributed by atoms with Crippen LogP contribution in [0.2, 0.25) is 0 Å². The Bertz CT molecular complexity index is 416. The maximum atomic E-state index is 11.9. The van der Waals surface area contributed by atoms with Crippen molar-refractivity contribution < 1.29 is 23.6 Å².